The molecule has 0 aliphatic carbocycles. The summed E-state index contributed by atoms with van der Waals surface area (Å²) in [6.07, 6.45) is 0. The van der Waals surface area contributed by atoms with Crippen LogP contribution in [0.3, 0.4) is 0 Å². The number of benzene rings is 3. The molecule has 9 heteroatoms. The van der Waals surface area contributed by atoms with E-state index in [0.717, 1.165) is 4.47 Å². The van der Waals surface area contributed by atoms with E-state index >= 15 is 0 Å². The fourth-order valence-electron chi connectivity index (χ4n) is 2.92. The predicted molar refractivity (Wildman–Crippen MR) is 127 cm³/mol. The van der Waals surface area contributed by atoms with Gasteiger partial charge >= 0.3 is 0 Å². The number of amides is 1. The average molecular weight is 504 g/mol. The van der Waals surface area contributed by atoms with Crippen molar-refractivity contribution in [3.8, 4) is 22.6 Å². The highest BCUT2D eigenvalue weighted by Gasteiger charge is 2.14. The van der Waals surface area contributed by atoms with Crippen LogP contribution in [0.4, 0.5) is 15.8 Å². The van der Waals surface area contributed by atoms with E-state index < -0.39 is 11.7 Å². The Hall–Kier alpha value is -3.17. The SMILES string of the molecule is COc1cc(OC)c(NC(=S)Nc2ccc(-c3cccc(C(N)=O)c3F)cc2)cc1Br. The maximum atomic E-state index is 14.5. The number of anilines is 2. The Morgan fingerprint density at radius 1 is 1.03 bits per heavy atom. The van der Waals surface area contributed by atoms with Crippen molar-refractivity contribution in [2.24, 2.45) is 5.73 Å². The second kappa shape index (κ2) is 9.76. The van der Waals surface area contributed by atoms with Gasteiger partial charge in [0.15, 0.2) is 5.11 Å². The van der Waals surface area contributed by atoms with Crippen molar-refractivity contribution in [3.05, 3.63) is 70.5 Å². The summed E-state index contributed by atoms with van der Waals surface area (Å²) in [5.74, 6) is -0.270. The number of thiocarbonyl (C=S) groups is 1. The van der Waals surface area contributed by atoms with Crippen LogP contribution in [0.2, 0.25) is 0 Å². The van der Waals surface area contributed by atoms with Crippen molar-refractivity contribution < 1.29 is 18.7 Å². The van der Waals surface area contributed by atoms with E-state index in [1.807, 2.05) is 0 Å². The molecule has 3 rings (SSSR count). The van der Waals surface area contributed by atoms with Crippen LogP contribution in [-0.4, -0.2) is 25.2 Å². The zero-order valence-electron chi connectivity index (χ0n) is 16.7. The number of methoxy groups -OCH3 is 2. The summed E-state index contributed by atoms with van der Waals surface area (Å²) in [5.41, 5.74) is 7.30. The van der Waals surface area contributed by atoms with Gasteiger partial charge in [-0.25, -0.2) is 4.39 Å². The molecule has 0 saturated carbocycles. The monoisotopic (exact) mass is 503 g/mol. The van der Waals surface area contributed by atoms with Crippen molar-refractivity contribution in [1.82, 2.24) is 0 Å². The predicted octanol–water partition coefficient (Wildman–Crippen LogP) is 5.18. The maximum Gasteiger partial charge on any atom is 0.251 e. The topological polar surface area (TPSA) is 85.6 Å². The zero-order valence-corrected chi connectivity index (χ0v) is 19.1. The molecule has 160 valence electrons. The van der Waals surface area contributed by atoms with Gasteiger partial charge in [-0.05, 0) is 58.0 Å². The molecule has 31 heavy (non-hydrogen) atoms. The number of carbonyl (C=O) groups is 1. The Kier molecular flexibility index (Phi) is 7.09. The van der Waals surface area contributed by atoms with E-state index in [9.17, 15) is 9.18 Å². The number of nitrogens with two attached hydrogens (primary N) is 1. The van der Waals surface area contributed by atoms with Crippen LogP contribution in [-0.2, 0) is 0 Å². The van der Waals surface area contributed by atoms with Gasteiger partial charge in [0.05, 0.1) is 29.9 Å². The second-order valence-electron chi connectivity index (χ2n) is 6.37. The van der Waals surface area contributed by atoms with Crippen LogP contribution in [0.1, 0.15) is 10.4 Å². The van der Waals surface area contributed by atoms with Crippen LogP contribution in [0.15, 0.2) is 59.1 Å². The molecule has 0 bridgehead atoms. The highest BCUT2D eigenvalue weighted by molar-refractivity contribution is 9.10. The summed E-state index contributed by atoms with van der Waals surface area (Å²) in [6, 6.07) is 15.0. The molecule has 6 nitrogen and oxygen atoms in total. The number of ether oxygens (including phenoxy) is 2. The van der Waals surface area contributed by atoms with Crippen LogP contribution >= 0.6 is 28.1 Å². The summed E-state index contributed by atoms with van der Waals surface area (Å²) >= 11 is 8.82. The molecule has 0 heterocycles. The fourth-order valence-corrected chi connectivity index (χ4v) is 3.65. The molecule has 0 unspecified atom stereocenters. The van der Waals surface area contributed by atoms with Crippen LogP contribution in [0.5, 0.6) is 11.5 Å². The minimum absolute atomic E-state index is 0.148. The van der Waals surface area contributed by atoms with Crippen molar-refractivity contribution in [3.63, 3.8) is 0 Å². The lowest BCUT2D eigenvalue weighted by molar-refractivity contribution is 0.0996. The molecule has 0 spiro atoms. The maximum absolute atomic E-state index is 14.5. The summed E-state index contributed by atoms with van der Waals surface area (Å²) in [7, 11) is 3.12. The molecule has 1 amide bonds. The van der Waals surface area contributed by atoms with Gasteiger partial charge in [0.2, 0.25) is 0 Å². The van der Waals surface area contributed by atoms with E-state index in [2.05, 4.69) is 26.6 Å². The fraction of sp³-hybridized carbons (Fsp3) is 0.0909. The molecule has 3 aromatic rings. The van der Waals surface area contributed by atoms with Gasteiger partial charge in [-0.3, -0.25) is 4.79 Å². The third-order valence-electron chi connectivity index (χ3n) is 4.44. The quantitative estimate of drug-likeness (QED) is 0.401. The standard InChI is InChI=1S/C22H19BrFN3O3S/c1-29-18-11-19(30-2)17(10-16(18)23)27-22(31)26-13-8-6-12(7-9-13)14-4-3-5-15(20(14)24)21(25)28/h3-11H,1-2H3,(H2,25,28)(H2,26,27,31). The first-order valence-electron chi connectivity index (χ1n) is 9.02. The number of carbonyl (C=O) groups excluding carboxylic acids is 1. The van der Waals surface area contributed by atoms with Crippen molar-refractivity contribution in [2.75, 3.05) is 24.9 Å². The van der Waals surface area contributed by atoms with Crippen molar-refractivity contribution >= 4 is 50.5 Å². The molecule has 0 aliphatic rings. The highest BCUT2D eigenvalue weighted by atomic mass is 79.9. The van der Waals surface area contributed by atoms with Gasteiger partial charge in [0, 0.05) is 17.3 Å². The number of primary amides is 1. The summed E-state index contributed by atoms with van der Waals surface area (Å²) in [6.45, 7) is 0. The van der Waals surface area contributed by atoms with Gasteiger partial charge in [-0.1, -0.05) is 24.3 Å². The zero-order chi connectivity index (χ0) is 22.5. The molecule has 0 saturated heterocycles. The van der Waals surface area contributed by atoms with E-state index in [1.165, 1.54) is 6.07 Å². The normalized spacial score (nSPS) is 10.3. The summed E-state index contributed by atoms with van der Waals surface area (Å²) < 4.78 is 25.9. The number of rotatable bonds is 6. The van der Waals surface area contributed by atoms with Crippen LogP contribution in [0.25, 0.3) is 11.1 Å². The van der Waals surface area contributed by atoms with Gasteiger partial charge in [-0.15, -0.1) is 0 Å². The minimum Gasteiger partial charge on any atom is -0.495 e. The lowest BCUT2D eigenvalue weighted by Crippen LogP contribution is -2.19. The molecule has 4 N–H and O–H groups in total. The van der Waals surface area contributed by atoms with Gasteiger partial charge in [-0.2, -0.15) is 0 Å². The van der Waals surface area contributed by atoms with Crippen molar-refractivity contribution in [2.45, 2.75) is 0 Å². The Balaban J connectivity index is 1.75. The number of hydrogen-bond acceptors (Lipinski definition) is 4. The molecule has 0 fully saturated rings. The Labute approximate surface area is 192 Å². The highest BCUT2D eigenvalue weighted by Crippen LogP contribution is 2.36. The lowest BCUT2D eigenvalue weighted by atomic mass is 10.0. The Morgan fingerprint density at radius 3 is 2.32 bits per heavy atom. The Bertz CT molecular complexity index is 1140. The molecule has 0 atom stereocenters. The molecule has 0 aromatic heterocycles. The molecular weight excluding hydrogens is 485 g/mol. The molecule has 0 aliphatic heterocycles. The van der Waals surface area contributed by atoms with Gasteiger partial charge in [0.1, 0.15) is 17.3 Å². The Morgan fingerprint density at radius 2 is 1.71 bits per heavy atom. The third-order valence-corrected chi connectivity index (χ3v) is 5.26. The summed E-state index contributed by atoms with van der Waals surface area (Å²) in [5, 5.41) is 6.48. The number of hydrogen-bond donors (Lipinski definition) is 3. The third kappa shape index (κ3) is 5.12. The van der Waals surface area contributed by atoms with Crippen LogP contribution < -0.4 is 25.8 Å². The number of nitrogens with one attached hydrogen (secondary N) is 2. The van der Waals surface area contributed by atoms with Crippen molar-refractivity contribution in [1.29, 1.82) is 0 Å². The first kappa shape index (κ1) is 22.5. The van der Waals surface area contributed by atoms with Gasteiger partial charge in [0.25, 0.3) is 5.91 Å². The lowest BCUT2D eigenvalue weighted by Gasteiger charge is -2.15. The number of halogens is 2. The molecule has 3 aromatic carbocycles. The van der Waals surface area contributed by atoms with E-state index in [-0.39, 0.29) is 11.1 Å². The smallest absolute Gasteiger partial charge is 0.251 e. The minimum atomic E-state index is -0.811. The average Bonchev–Trinajstić information content (AvgIpc) is 2.74. The summed E-state index contributed by atoms with van der Waals surface area (Å²) in [4.78, 5) is 11.4. The largest absolute Gasteiger partial charge is 0.495 e. The first-order chi connectivity index (χ1) is 14.8. The molecule has 0 radical (unpaired) electrons. The van der Waals surface area contributed by atoms with E-state index in [0.29, 0.717) is 33.5 Å². The van der Waals surface area contributed by atoms with Gasteiger partial charge < -0.3 is 25.8 Å². The van der Waals surface area contributed by atoms with E-state index in [4.69, 9.17) is 27.4 Å². The first-order valence-corrected chi connectivity index (χ1v) is 10.2. The molecular formula is C22H19BrFN3O3S. The van der Waals surface area contributed by atoms with Crippen LogP contribution in [0, 0.1) is 5.82 Å². The second-order valence-corrected chi connectivity index (χ2v) is 7.64. The van der Waals surface area contributed by atoms with E-state index in [1.54, 1.807) is 62.8 Å².